The monoisotopic (exact) mass is 410 g/mol. The first-order valence-corrected chi connectivity index (χ1v) is 10.9. The summed E-state index contributed by atoms with van der Waals surface area (Å²) in [6, 6.07) is 12.7. The van der Waals surface area contributed by atoms with Crippen LogP contribution >= 0.6 is 11.8 Å². The fraction of sp³-hybridized carbons (Fsp3) is 0.364. The lowest BCUT2D eigenvalue weighted by Crippen LogP contribution is -2.27. The number of pyridine rings is 1. The third-order valence-corrected chi connectivity index (χ3v) is 5.47. The van der Waals surface area contributed by atoms with Crippen molar-refractivity contribution >= 4 is 28.6 Å². The number of carbonyl (C=O) groups is 1. The van der Waals surface area contributed by atoms with Gasteiger partial charge in [0, 0.05) is 12.2 Å². The van der Waals surface area contributed by atoms with Crippen molar-refractivity contribution in [2.24, 2.45) is 0 Å². The summed E-state index contributed by atoms with van der Waals surface area (Å²) in [4.78, 5) is 34.5. The zero-order chi connectivity index (χ0) is 20.6. The Balaban J connectivity index is 1.84. The molecular weight excluding hydrogens is 384 g/mol. The average molecular weight is 411 g/mol. The molecule has 0 aliphatic carbocycles. The standard InChI is InChI=1S/C22H26N4O2S/c1-3-4-5-8-14-23-20(27)15-29-22-25-18-12-7-6-11-17(18)21(28)26(22)19-13-9-10-16(2)24-19/h6-7,9-13H,3-5,8,14-15H2,1-2H3,(H,23,27). The second-order valence-electron chi connectivity index (χ2n) is 6.89. The SMILES string of the molecule is CCCCCCNC(=O)CSc1nc2ccccc2c(=O)n1-c1cccc(C)n1. The van der Waals surface area contributed by atoms with Crippen LogP contribution in [-0.2, 0) is 4.79 Å². The molecule has 7 heteroatoms. The van der Waals surface area contributed by atoms with Crippen LogP contribution in [0.2, 0.25) is 0 Å². The van der Waals surface area contributed by atoms with Gasteiger partial charge in [0.25, 0.3) is 5.56 Å². The molecule has 2 heterocycles. The molecule has 0 atom stereocenters. The number of thioether (sulfide) groups is 1. The van der Waals surface area contributed by atoms with Gasteiger partial charge < -0.3 is 5.32 Å². The molecule has 0 saturated heterocycles. The predicted molar refractivity (Wildman–Crippen MR) is 118 cm³/mol. The van der Waals surface area contributed by atoms with E-state index in [1.165, 1.54) is 29.2 Å². The van der Waals surface area contributed by atoms with Gasteiger partial charge in [-0.25, -0.2) is 14.5 Å². The fourth-order valence-electron chi connectivity index (χ4n) is 3.03. The zero-order valence-corrected chi connectivity index (χ0v) is 17.7. The van der Waals surface area contributed by atoms with E-state index in [4.69, 9.17) is 0 Å². The van der Waals surface area contributed by atoms with Crippen LogP contribution in [0, 0.1) is 6.92 Å². The molecule has 0 aliphatic heterocycles. The minimum atomic E-state index is -0.184. The van der Waals surface area contributed by atoms with Gasteiger partial charge in [0.1, 0.15) is 5.82 Å². The number of rotatable bonds is 9. The summed E-state index contributed by atoms with van der Waals surface area (Å²) >= 11 is 1.25. The van der Waals surface area contributed by atoms with Crippen molar-refractivity contribution in [1.29, 1.82) is 0 Å². The molecular formula is C22H26N4O2S. The van der Waals surface area contributed by atoms with E-state index in [0.717, 1.165) is 18.5 Å². The van der Waals surface area contributed by atoms with Gasteiger partial charge in [0.15, 0.2) is 5.16 Å². The molecule has 0 unspecified atom stereocenters. The summed E-state index contributed by atoms with van der Waals surface area (Å²) < 4.78 is 1.49. The summed E-state index contributed by atoms with van der Waals surface area (Å²) in [6.45, 7) is 4.72. The molecule has 0 bridgehead atoms. The number of unbranched alkanes of at least 4 members (excludes halogenated alkanes) is 3. The Hall–Kier alpha value is -2.67. The maximum absolute atomic E-state index is 13.1. The fourth-order valence-corrected chi connectivity index (χ4v) is 3.86. The van der Waals surface area contributed by atoms with Gasteiger partial charge in [-0.1, -0.05) is 56.1 Å². The molecule has 0 aliphatic rings. The first-order chi connectivity index (χ1) is 14.1. The van der Waals surface area contributed by atoms with Gasteiger partial charge in [-0.2, -0.15) is 0 Å². The Bertz CT molecular complexity index is 1050. The zero-order valence-electron chi connectivity index (χ0n) is 16.9. The maximum atomic E-state index is 13.1. The number of aryl methyl sites for hydroxylation is 1. The lowest BCUT2D eigenvalue weighted by atomic mass is 10.2. The summed E-state index contributed by atoms with van der Waals surface area (Å²) in [7, 11) is 0. The van der Waals surface area contributed by atoms with Crippen molar-refractivity contribution < 1.29 is 4.79 Å². The van der Waals surface area contributed by atoms with Gasteiger partial charge >= 0.3 is 0 Å². The Morgan fingerprint density at radius 2 is 1.90 bits per heavy atom. The number of hydrogen-bond acceptors (Lipinski definition) is 5. The quantitative estimate of drug-likeness (QED) is 0.329. The topological polar surface area (TPSA) is 76.9 Å². The second-order valence-corrected chi connectivity index (χ2v) is 7.83. The van der Waals surface area contributed by atoms with Crippen LogP contribution in [0.25, 0.3) is 16.7 Å². The molecule has 2 aromatic heterocycles. The highest BCUT2D eigenvalue weighted by molar-refractivity contribution is 7.99. The van der Waals surface area contributed by atoms with Crippen molar-refractivity contribution in [3.63, 3.8) is 0 Å². The molecule has 3 aromatic rings. The number of nitrogens with zero attached hydrogens (tertiary/aromatic N) is 3. The summed E-state index contributed by atoms with van der Waals surface area (Å²) in [5.74, 6) is 0.651. The van der Waals surface area contributed by atoms with Crippen molar-refractivity contribution in [2.45, 2.75) is 44.7 Å². The number of fused-ring (bicyclic) bond motifs is 1. The normalized spacial score (nSPS) is 11.0. The smallest absolute Gasteiger partial charge is 0.267 e. The summed E-state index contributed by atoms with van der Waals surface area (Å²) in [6.07, 6.45) is 4.45. The largest absolute Gasteiger partial charge is 0.355 e. The van der Waals surface area contributed by atoms with Gasteiger partial charge in [-0.3, -0.25) is 9.59 Å². The molecule has 29 heavy (non-hydrogen) atoms. The van der Waals surface area contributed by atoms with Crippen LogP contribution in [0.5, 0.6) is 0 Å². The van der Waals surface area contributed by atoms with E-state index < -0.39 is 0 Å². The highest BCUT2D eigenvalue weighted by Crippen LogP contribution is 2.20. The lowest BCUT2D eigenvalue weighted by Gasteiger charge is -2.13. The van der Waals surface area contributed by atoms with E-state index in [9.17, 15) is 9.59 Å². The summed E-state index contributed by atoms with van der Waals surface area (Å²) in [5.41, 5.74) is 1.24. The van der Waals surface area contributed by atoms with Gasteiger partial charge in [0.2, 0.25) is 5.91 Å². The number of hydrogen-bond donors (Lipinski definition) is 1. The molecule has 3 rings (SSSR count). The molecule has 0 spiro atoms. The molecule has 6 nitrogen and oxygen atoms in total. The lowest BCUT2D eigenvalue weighted by molar-refractivity contribution is -0.118. The molecule has 0 fully saturated rings. The molecule has 152 valence electrons. The first kappa shape index (κ1) is 21.0. The molecule has 0 radical (unpaired) electrons. The number of amides is 1. The Kier molecular flexibility index (Phi) is 7.41. The van der Waals surface area contributed by atoms with Gasteiger partial charge in [0.05, 0.1) is 16.7 Å². The minimum absolute atomic E-state index is 0.0577. The third-order valence-electron chi connectivity index (χ3n) is 4.53. The Morgan fingerprint density at radius 3 is 2.69 bits per heavy atom. The number of benzene rings is 1. The van der Waals surface area contributed by atoms with Crippen LogP contribution in [-0.4, -0.2) is 32.7 Å². The van der Waals surface area contributed by atoms with Crippen LogP contribution in [0.4, 0.5) is 0 Å². The molecule has 0 saturated carbocycles. The first-order valence-electron chi connectivity index (χ1n) is 9.95. The maximum Gasteiger partial charge on any atom is 0.267 e. The van der Waals surface area contributed by atoms with E-state index in [-0.39, 0.29) is 17.2 Å². The average Bonchev–Trinajstić information content (AvgIpc) is 2.72. The predicted octanol–water partition coefficient (Wildman–Crippen LogP) is 3.88. The van der Waals surface area contributed by atoms with Crippen molar-refractivity contribution in [1.82, 2.24) is 19.9 Å². The molecule has 1 amide bonds. The summed E-state index contributed by atoms with van der Waals surface area (Å²) in [5, 5.41) is 3.94. The van der Waals surface area contributed by atoms with Crippen molar-refractivity contribution in [2.75, 3.05) is 12.3 Å². The van der Waals surface area contributed by atoms with Crippen LogP contribution in [0.15, 0.2) is 52.4 Å². The highest BCUT2D eigenvalue weighted by atomic mass is 32.2. The van der Waals surface area contributed by atoms with Crippen LogP contribution in [0.3, 0.4) is 0 Å². The number of aromatic nitrogens is 3. The molecule has 1 aromatic carbocycles. The number of nitrogens with one attached hydrogen (secondary N) is 1. The third kappa shape index (κ3) is 5.44. The number of carbonyl (C=O) groups excluding carboxylic acids is 1. The number of para-hydroxylation sites is 1. The van der Waals surface area contributed by atoms with E-state index in [1.54, 1.807) is 12.1 Å². The van der Waals surface area contributed by atoms with Crippen LogP contribution in [0.1, 0.15) is 38.3 Å². The highest BCUT2D eigenvalue weighted by Gasteiger charge is 2.15. The Morgan fingerprint density at radius 1 is 1.07 bits per heavy atom. The van der Waals surface area contributed by atoms with Crippen molar-refractivity contribution in [3.8, 4) is 5.82 Å². The van der Waals surface area contributed by atoms with E-state index in [1.807, 2.05) is 37.3 Å². The van der Waals surface area contributed by atoms with Gasteiger partial charge in [-0.05, 0) is 37.6 Å². The van der Waals surface area contributed by atoms with E-state index in [2.05, 4.69) is 22.2 Å². The van der Waals surface area contributed by atoms with Gasteiger partial charge in [-0.15, -0.1) is 0 Å². The van der Waals surface area contributed by atoms with Crippen molar-refractivity contribution in [3.05, 3.63) is 58.5 Å². The Labute approximate surface area is 174 Å². The van der Waals surface area contributed by atoms with E-state index in [0.29, 0.717) is 28.4 Å². The second kappa shape index (κ2) is 10.2. The van der Waals surface area contributed by atoms with E-state index >= 15 is 0 Å². The minimum Gasteiger partial charge on any atom is -0.355 e. The molecule has 1 N–H and O–H groups in total. The van der Waals surface area contributed by atoms with Crippen LogP contribution < -0.4 is 10.9 Å².